The molecule has 1 aromatic rings. The third-order valence-corrected chi connectivity index (χ3v) is 3.54. The van der Waals surface area contributed by atoms with Crippen LogP contribution in [0, 0.1) is 13.8 Å². The van der Waals surface area contributed by atoms with Crippen LogP contribution in [0.15, 0.2) is 18.2 Å². The van der Waals surface area contributed by atoms with Gasteiger partial charge < -0.3 is 10.4 Å². The van der Waals surface area contributed by atoms with Crippen molar-refractivity contribution in [1.82, 2.24) is 0 Å². The fourth-order valence-electron chi connectivity index (χ4n) is 2.51. The summed E-state index contributed by atoms with van der Waals surface area (Å²) in [6.45, 7) is 4.23. The second-order valence-corrected chi connectivity index (χ2v) is 4.87. The molecule has 1 aliphatic rings. The Bertz CT molecular complexity index is 342. The summed E-state index contributed by atoms with van der Waals surface area (Å²) < 4.78 is 0. The smallest absolute Gasteiger partial charge is 0.0741 e. The van der Waals surface area contributed by atoms with E-state index in [0.717, 1.165) is 19.3 Å². The third kappa shape index (κ3) is 2.38. The Hall–Kier alpha value is -1.02. The number of aliphatic hydroxyl groups is 1. The largest absolute Gasteiger partial charge is 0.391 e. The van der Waals surface area contributed by atoms with Gasteiger partial charge in [0.15, 0.2) is 0 Å². The zero-order valence-electron chi connectivity index (χ0n) is 10.2. The second-order valence-electron chi connectivity index (χ2n) is 4.87. The van der Waals surface area contributed by atoms with Crippen molar-refractivity contribution in [3.63, 3.8) is 0 Å². The monoisotopic (exact) mass is 219 g/mol. The van der Waals surface area contributed by atoms with Gasteiger partial charge in [-0.25, -0.2) is 0 Å². The standard InChI is InChI=1S/C14H21NO/c1-10-6-5-7-11(2)14(10)15-12-8-3-4-9-13(12)16/h5-7,12-13,15-16H,3-4,8-9H2,1-2H3/t12-,13-/m0/s1. The van der Waals surface area contributed by atoms with Crippen molar-refractivity contribution in [2.45, 2.75) is 51.7 Å². The Morgan fingerprint density at radius 1 is 1.12 bits per heavy atom. The Balaban J connectivity index is 2.13. The van der Waals surface area contributed by atoms with E-state index in [4.69, 9.17) is 0 Å². The van der Waals surface area contributed by atoms with E-state index in [2.05, 4.69) is 37.4 Å². The summed E-state index contributed by atoms with van der Waals surface area (Å²) in [4.78, 5) is 0. The number of anilines is 1. The van der Waals surface area contributed by atoms with Crippen molar-refractivity contribution in [1.29, 1.82) is 0 Å². The zero-order valence-corrected chi connectivity index (χ0v) is 10.2. The van der Waals surface area contributed by atoms with Crippen molar-refractivity contribution in [2.24, 2.45) is 0 Å². The summed E-state index contributed by atoms with van der Waals surface area (Å²) in [6, 6.07) is 6.54. The fourth-order valence-corrected chi connectivity index (χ4v) is 2.51. The molecular formula is C14H21NO. The Kier molecular flexibility index (Phi) is 3.49. The molecule has 0 heterocycles. The first-order chi connectivity index (χ1) is 7.68. The maximum atomic E-state index is 9.95. The van der Waals surface area contributed by atoms with Gasteiger partial charge >= 0.3 is 0 Å². The van der Waals surface area contributed by atoms with E-state index in [1.807, 2.05) is 0 Å². The summed E-state index contributed by atoms with van der Waals surface area (Å²) in [5.41, 5.74) is 3.73. The first-order valence-electron chi connectivity index (χ1n) is 6.19. The van der Waals surface area contributed by atoms with Crippen molar-refractivity contribution in [3.8, 4) is 0 Å². The van der Waals surface area contributed by atoms with Gasteiger partial charge in [0.05, 0.1) is 12.1 Å². The van der Waals surface area contributed by atoms with E-state index >= 15 is 0 Å². The molecule has 0 saturated heterocycles. The van der Waals surface area contributed by atoms with E-state index in [9.17, 15) is 5.11 Å². The molecule has 1 aliphatic carbocycles. The minimum absolute atomic E-state index is 0.187. The average molecular weight is 219 g/mol. The number of rotatable bonds is 2. The lowest BCUT2D eigenvalue weighted by atomic mass is 9.92. The molecule has 1 fully saturated rings. The number of para-hydroxylation sites is 1. The molecule has 0 radical (unpaired) electrons. The van der Waals surface area contributed by atoms with Crippen LogP contribution in [0.2, 0.25) is 0 Å². The predicted octanol–water partition coefficient (Wildman–Crippen LogP) is 3.02. The van der Waals surface area contributed by atoms with Gasteiger partial charge in [-0.05, 0) is 37.8 Å². The SMILES string of the molecule is Cc1cccc(C)c1N[C@H]1CCCC[C@@H]1O. The van der Waals surface area contributed by atoms with Crippen molar-refractivity contribution in [2.75, 3.05) is 5.32 Å². The molecule has 2 atom stereocenters. The summed E-state index contributed by atoms with van der Waals surface area (Å²) in [6.07, 6.45) is 4.20. The van der Waals surface area contributed by atoms with Crippen LogP contribution in [0.1, 0.15) is 36.8 Å². The molecule has 1 aromatic carbocycles. The molecule has 2 heteroatoms. The predicted molar refractivity (Wildman–Crippen MR) is 67.8 cm³/mol. The number of hydrogen-bond donors (Lipinski definition) is 2. The van der Waals surface area contributed by atoms with Crippen molar-refractivity contribution >= 4 is 5.69 Å². The number of aliphatic hydroxyl groups excluding tert-OH is 1. The van der Waals surface area contributed by atoms with Gasteiger partial charge in [0.25, 0.3) is 0 Å². The molecule has 0 bridgehead atoms. The van der Waals surface area contributed by atoms with E-state index in [1.54, 1.807) is 0 Å². The van der Waals surface area contributed by atoms with Crippen LogP contribution in [-0.2, 0) is 0 Å². The number of benzene rings is 1. The molecule has 2 N–H and O–H groups in total. The van der Waals surface area contributed by atoms with E-state index in [0.29, 0.717) is 0 Å². The van der Waals surface area contributed by atoms with E-state index in [-0.39, 0.29) is 12.1 Å². The van der Waals surface area contributed by atoms with Crippen LogP contribution in [0.25, 0.3) is 0 Å². The molecule has 2 nitrogen and oxygen atoms in total. The van der Waals surface area contributed by atoms with Gasteiger partial charge in [-0.3, -0.25) is 0 Å². The Labute approximate surface area is 97.7 Å². The normalized spacial score (nSPS) is 25.4. The molecule has 0 spiro atoms. The summed E-state index contributed by atoms with van der Waals surface area (Å²) in [5.74, 6) is 0. The lowest BCUT2D eigenvalue weighted by molar-refractivity contribution is 0.116. The highest BCUT2D eigenvalue weighted by Crippen LogP contribution is 2.26. The highest BCUT2D eigenvalue weighted by molar-refractivity contribution is 5.57. The average Bonchev–Trinajstić information content (AvgIpc) is 2.26. The first-order valence-corrected chi connectivity index (χ1v) is 6.19. The first kappa shape index (κ1) is 11.5. The summed E-state index contributed by atoms with van der Waals surface area (Å²) in [5, 5.41) is 13.5. The van der Waals surface area contributed by atoms with Gasteiger partial charge in [0, 0.05) is 5.69 Å². The molecule has 2 rings (SSSR count). The van der Waals surface area contributed by atoms with Gasteiger partial charge in [-0.1, -0.05) is 31.0 Å². The van der Waals surface area contributed by atoms with Crippen LogP contribution in [0.5, 0.6) is 0 Å². The van der Waals surface area contributed by atoms with Crippen LogP contribution in [0.3, 0.4) is 0 Å². The minimum Gasteiger partial charge on any atom is -0.391 e. The third-order valence-electron chi connectivity index (χ3n) is 3.54. The zero-order chi connectivity index (χ0) is 11.5. The Morgan fingerprint density at radius 3 is 2.38 bits per heavy atom. The topological polar surface area (TPSA) is 32.3 Å². The van der Waals surface area contributed by atoms with Crippen LogP contribution < -0.4 is 5.32 Å². The van der Waals surface area contributed by atoms with Crippen molar-refractivity contribution in [3.05, 3.63) is 29.3 Å². The molecule has 0 aromatic heterocycles. The van der Waals surface area contributed by atoms with Crippen LogP contribution in [-0.4, -0.2) is 17.3 Å². The summed E-state index contributed by atoms with van der Waals surface area (Å²) >= 11 is 0. The summed E-state index contributed by atoms with van der Waals surface area (Å²) in [7, 11) is 0. The Morgan fingerprint density at radius 2 is 1.75 bits per heavy atom. The molecule has 0 aliphatic heterocycles. The van der Waals surface area contributed by atoms with Gasteiger partial charge in [0.1, 0.15) is 0 Å². The fraction of sp³-hybridized carbons (Fsp3) is 0.571. The lowest BCUT2D eigenvalue weighted by Crippen LogP contribution is -2.36. The van der Waals surface area contributed by atoms with E-state index < -0.39 is 0 Å². The number of hydrogen-bond acceptors (Lipinski definition) is 2. The molecule has 16 heavy (non-hydrogen) atoms. The maximum Gasteiger partial charge on any atom is 0.0741 e. The van der Waals surface area contributed by atoms with Gasteiger partial charge in [-0.15, -0.1) is 0 Å². The van der Waals surface area contributed by atoms with Gasteiger partial charge in [0.2, 0.25) is 0 Å². The van der Waals surface area contributed by atoms with Crippen molar-refractivity contribution < 1.29 is 5.11 Å². The maximum absolute atomic E-state index is 9.95. The molecule has 88 valence electrons. The quantitative estimate of drug-likeness (QED) is 0.801. The lowest BCUT2D eigenvalue weighted by Gasteiger charge is -2.30. The van der Waals surface area contributed by atoms with Gasteiger partial charge in [-0.2, -0.15) is 0 Å². The molecule has 0 amide bonds. The second kappa shape index (κ2) is 4.88. The highest BCUT2D eigenvalue weighted by atomic mass is 16.3. The number of aryl methyl sites for hydroxylation is 2. The number of nitrogens with one attached hydrogen (secondary N) is 1. The minimum atomic E-state index is -0.187. The highest BCUT2D eigenvalue weighted by Gasteiger charge is 2.23. The van der Waals surface area contributed by atoms with E-state index in [1.165, 1.54) is 23.2 Å². The van der Waals surface area contributed by atoms with Crippen LogP contribution in [0.4, 0.5) is 5.69 Å². The molecule has 0 unspecified atom stereocenters. The molecule has 1 saturated carbocycles. The van der Waals surface area contributed by atoms with Crippen LogP contribution >= 0.6 is 0 Å². The molecular weight excluding hydrogens is 198 g/mol.